The third kappa shape index (κ3) is 5.45. The lowest BCUT2D eigenvalue weighted by Crippen LogP contribution is -2.54. The van der Waals surface area contributed by atoms with Crippen LogP contribution in [-0.4, -0.2) is 30.1 Å². The summed E-state index contributed by atoms with van der Waals surface area (Å²) >= 11 is 12.4. The fraction of sp³-hybridized carbons (Fsp3) is 0.440. The van der Waals surface area contributed by atoms with E-state index in [1.54, 1.807) is 12.1 Å². The van der Waals surface area contributed by atoms with Crippen LogP contribution in [0.1, 0.15) is 56.2 Å². The summed E-state index contributed by atoms with van der Waals surface area (Å²) in [6.45, 7) is 5.57. The Morgan fingerprint density at radius 1 is 1.19 bits per heavy atom. The first-order valence-corrected chi connectivity index (χ1v) is 11.8. The molecular weight excluding hydrogens is 447 g/mol. The van der Waals surface area contributed by atoms with Gasteiger partial charge >= 0.3 is 5.97 Å². The summed E-state index contributed by atoms with van der Waals surface area (Å²) in [5.74, 6) is -1.42. The Morgan fingerprint density at radius 3 is 2.53 bits per heavy atom. The van der Waals surface area contributed by atoms with Gasteiger partial charge in [-0.3, -0.25) is 9.59 Å². The van der Waals surface area contributed by atoms with Crippen molar-refractivity contribution in [1.29, 1.82) is 0 Å². The molecule has 1 heterocycles. The average Bonchev–Trinajstić information content (AvgIpc) is 2.75. The molecule has 1 amide bonds. The molecule has 2 aromatic rings. The Morgan fingerprint density at radius 2 is 1.91 bits per heavy atom. The molecule has 5 nitrogen and oxygen atoms in total. The highest BCUT2D eigenvalue weighted by Crippen LogP contribution is 2.51. The Hall–Kier alpha value is -2.08. The summed E-state index contributed by atoms with van der Waals surface area (Å²) in [5, 5.41) is 17.4. The first-order valence-electron chi connectivity index (χ1n) is 11.0. The number of piperidine rings is 1. The molecule has 32 heavy (non-hydrogen) atoms. The van der Waals surface area contributed by atoms with Gasteiger partial charge in [0.1, 0.15) is 0 Å². The van der Waals surface area contributed by atoms with Crippen LogP contribution in [0.2, 0.25) is 10.0 Å². The van der Waals surface area contributed by atoms with Gasteiger partial charge in [-0.2, -0.15) is 0 Å². The zero-order valence-electron chi connectivity index (χ0n) is 18.4. The van der Waals surface area contributed by atoms with E-state index in [1.807, 2.05) is 50.2 Å². The molecule has 0 saturated carbocycles. The zero-order chi connectivity index (χ0) is 23.3. The van der Waals surface area contributed by atoms with E-state index in [-0.39, 0.29) is 30.2 Å². The van der Waals surface area contributed by atoms with Gasteiger partial charge < -0.3 is 15.7 Å². The van der Waals surface area contributed by atoms with Crippen molar-refractivity contribution in [2.45, 2.75) is 45.1 Å². The van der Waals surface area contributed by atoms with Crippen LogP contribution in [0.15, 0.2) is 48.5 Å². The maximum atomic E-state index is 13.6. The van der Waals surface area contributed by atoms with E-state index >= 15 is 0 Å². The highest BCUT2D eigenvalue weighted by atomic mass is 35.5. The number of benzene rings is 2. The molecule has 1 saturated heterocycles. The SMILES string of the molecule is CCNCC[C@H](C)[C@]1(CC(=O)O)C[C@H](c2cccc(Cl)c2)[C@@H](c2ccc(Cl)cc2)NC1=O. The van der Waals surface area contributed by atoms with Crippen LogP contribution in [0.5, 0.6) is 0 Å². The summed E-state index contributed by atoms with van der Waals surface area (Å²) in [7, 11) is 0. The number of halogens is 2. The Kier molecular flexibility index (Phi) is 8.21. The molecule has 1 fully saturated rings. The Bertz CT molecular complexity index is 950. The van der Waals surface area contributed by atoms with E-state index in [4.69, 9.17) is 23.2 Å². The lowest BCUT2D eigenvalue weighted by molar-refractivity contribution is -0.151. The van der Waals surface area contributed by atoms with Gasteiger partial charge in [0.25, 0.3) is 0 Å². The van der Waals surface area contributed by atoms with Crippen LogP contribution in [0.4, 0.5) is 0 Å². The fourth-order valence-corrected chi connectivity index (χ4v) is 5.14. The van der Waals surface area contributed by atoms with Crippen molar-refractivity contribution < 1.29 is 14.7 Å². The van der Waals surface area contributed by atoms with Crippen molar-refractivity contribution in [2.75, 3.05) is 13.1 Å². The van der Waals surface area contributed by atoms with E-state index in [9.17, 15) is 14.7 Å². The smallest absolute Gasteiger partial charge is 0.304 e. The van der Waals surface area contributed by atoms with Crippen LogP contribution in [-0.2, 0) is 9.59 Å². The summed E-state index contributed by atoms with van der Waals surface area (Å²) in [6.07, 6.45) is 0.922. The molecule has 3 rings (SSSR count). The number of carboxylic acid groups (broad SMARTS) is 1. The quantitative estimate of drug-likeness (QED) is 0.421. The van der Waals surface area contributed by atoms with Crippen molar-refractivity contribution in [3.63, 3.8) is 0 Å². The van der Waals surface area contributed by atoms with Gasteiger partial charge in [-0.25, -0.2) is 0 Å². The third-order valence-electron chi connectivity index (χ3n) is 6.65. The largest absolute Gasteiger partial charge is 0.481 e. The number of hydrogen-bond acceptors (Lipinski definition) is 3. The second kappa shape index (κ2) is 10.7. The van der Waals surface area contributed by atoms with Crippen molar-refractivity contribution in [1.82, 2.24) is 10.6 Å². The molecule has 0 spiro atoms. The minimum atomic E-state index is -1.02. The molecule has 0 bridgehead atoms. The lowest BCUT2D eigenvalue weighted by atomic mass is 9.61. The molecule has 0 aliphatic carbocycles. The number of nitrogens with one attached hydrogen (secondary N) is 2. The minimum Gasteiger partial charge on any atom is -0.481 e. The number of carbonyl (C=O) groups is 2. The predicted octanol–water partition coefficient (Wildman–Crippen LogP) is 5.44. The topological polar surface area (TPSA) is 78.4 Å². The number of carboxylic acids is 1. The van der Waals surface area contributed by atoms with E-state index in [0.717, 1.165) is 24.2 Å². The molecular formula is C25H30Cl2N2O3. The number of hydrogen-bond donors (Lipinski definition) is 3. The van der Waals surface area contributed by atoms with Crippen molar-refractivity contribution in [3.05, 3.63) is 69.7 Å². The fourth-order valence-electron chi connectivity index (χ4n) is 4.81. The highest BCUT2D eigenvalue weighted by molar-refractivity contribution is 6.30. The third-order valence-corrected chi connectivity index (χ3v) is 7.13. The van der Waals surface area contributed by atoms with Gasteiger partial charge in [-0.15, -0.1) is 0 Å². The highest BCUT2D eigenvalue weighted by Gasteiger charge is 2.52. The van der Waals surface area contributed by atoms with Crippen LogP contribution >= 0.6 is 23.2 Å². The molecule has 2 aromatic carbocycles. The van der Waals surface area contributed by atoms with Crippen LogP contribution in [0, 0.1) is 11.3 Å². The first kappa shape index (κ1) is 24.6. The lowest BCUT2D eigenvalue weighted by Gasteiger charge is -2.47. The van der Waals surface area contributed by atoms with E-state index in [0.29, 0.717) is 22.9 Å². The summed E-state index contributed by atoms with van der Waals surface area (Å²) in [5.41, 5.74) is 0.889. The molecule has 4 atom stereocenters. The Balaban J connectivity index is 2.04. The number of carbonyl (C=O) groups excluding carboxylic acids is 1. The van der Waals surface area contributed by atoms with Gasteiger partial charge in [0.05, 0.1) is 17.9 Å². The molecule has 1 aliphatic rings. The van der Waals surface area contributed by atoms with Gasteiger partial charge in [-0.05, 0) is 67.2 Å². The standard InChI is InChI=1S/C25H30Cl2N2O3/c1-3-28-12-11-16(2)25(15-22(30)31)14-21(18-5-4-6-20(27)13-18)23(29-24(25)32)17-7-9-19(26)10-8-17/h4-10,13,16,21,23,28H,3,11-12,14-15H2,1-2H3,(H,29,32)(H,30,31)/t16-,21+,23+,25+/m0/s1. The monoisotopic (exact) mass is 476 g/mol. The maximum Gasteiger partial charge on any atom is 0.304 e. The van der Waals surface area contributed by atoms with Crippen LogP contribution < -0.4 is 10.6 Å². The van der Waals surface area contributed by atoms with Crippen molar-refractivity contribution in [2.24, 2.45) is 11.3 Å². The van der Waals surface area contributed by atoms with Crippen LogP contribution in [0.25, 0.3) is 0 Å². The summed E-state index contributed by atoms with van der Waals surface area (Å²) < 4.78 is 0. The number of amides is 1. The first-order chi connectivity index (χ1) is 15.3. The summed E-state index contributed by atoms with van der Waals surface area (Å²) in [4.78, 5) is 25.5. The number of rotatable bonds is 9. The van der Waals surface area contributed by atoms with Gasteiger partial charge in [0, 0.05) is 16.0 Å². The van der Waals surface area contributed by atoms with Crippen molar-refractivity contribution in [3.8, 4) is 0 Å². The molecule has 172 valence electrons. The predicted molar refractivity (Wildman–Crippen MR) is 128 cm³/mol. The van der Waals surface area contributed by atoms with E-state index < -0.39 is 11.4 Å². The van der Waals surface area contributed by atoms with Crippen LogP contribution in [0.3, 0.4) is 0 Å². The average molecular weight is 477 g/mol. The molecule has 7 heteroatoms. The maximum absolute atomic E-state index is 13.6. The second-order valence-electron chi connectivity index (χ2n) is 8.64. The van der Waals surface area contributed by atoms with E-state index in [2.05, 4.69) is 10.6 Å². The summed E-state index contributed by atoms with van der Waals surface area (Å²) in [6, 6.07) is 14.7. The Labute approximate surface area is 199 Å². The number of aliphatic carboxylic acids is 1. The van der Waals surface area contributed by atoms with Gasteiger partial charge in [-0.1, -0.05) is 61.3 Å². The second-order valence-corrected chi connectivity index (χ2v) is 9.51. The molecule has 0 unspecified atom stereocenters. The normalized spacial score (nSPS) is 24.1. The molecule has 0 aromatic heterocycles. The molecule has 0 radical (unpaired) electrons. The van der Waals surface area contributed by atoms with Crippen molar-refractivity contribution >= 4 is 35.1 Å². The molecule has 1 aliphatic heterocycles. The van der Waals surface area contributed by atoms with E-state index in [1.165, 1.54) is 0 Å². The molecule has 3 N–H and O–H groups in total. The minimum absolute atomic E-state index is 0.120. The van der Waals surface area contributed by atoms with Gasteiger partial charge in [0.2, 0.25) is 5.91 Å². The zero-order valence-corrected chi connectivity index (χ0v) is 19.9. The van der Waals surface area contributed by atoms with Gasteiger partial charge in [0.15, 0.2) is 0 Å².